The van der Waals surface area contributed by atoms with Crippen molar-refractivity contribution in [2.45, 2.75) is 47.5 Å². The number of carbonyl (C=O) groups excluding carboxylic acids is 1. The lowest BCUT2D eigenvalue weighted by atomic mass is 9.59. The van der Waals surface area contributed by atoms with Gasteiger partial charge in [0.15, 0.2) is 0 Å². The van der Waals surface area contributed by atoms with Crippen molar-refractivity contribution in [1.82, 2.24) is 0 Å². The minimum atomic E-state index is -0.895. The van der Waals surface area contributed by atoms with Gasteiger partial charge in [-0.15, -0.1) is 0 Å². The molecule has 1 saturated carbocycles. The van der Waals surface area contributed by atoms with E-state index in [2.05, 4.69) is 0 Å². The van der Waals surface area contributed by atoms with E-state index in [0.29, 0.717) is 19.4 Å². The Hall–Kier alpha value is -1.84. The predicted octanol–water partition coefficient (Wildman–Crippen LogP) is 3.96. The van der Waals surface area contributed by atoms with E-state index in [-0.39, 0.29) is 5.91 Å². The fourth-order valence-corrected chi connectivity index (χ4v) is 3.83. The summed E-state index contributed by atoms with van der Waals surface area (Å²) in [6.45, 7) is 10.1. The average molecular weight is 317 g/mol. The van der Waals surface area contributed by atoms with E-state index in [1.165, 1.54) is 0 Å². The number of anilines is 1. The number of hydrogen-bond donors (Lipinski definition) is 1. The number of carboxylic acid groups (broad SMARTS) is 1. The first kappa shape index (κ1) is 17.5. The van der Waals surface area contributed by atoms with Gasteiger partial charge in [-0.2, -0.15) is 0 Å². The molecule has 0 aliphatic heterocycles. The summed E-state index contributed by atoms with van der Waals surface area (Å²) in [5.74, 6) is -0.803. The molecule has 2 unspecified atom stereocenters. The lowest BCUT2D eigenvalue weighted by Gasteiger charge is -2.45. The van der Waals surface area contributed by atoms with E-state index < -0.39 is 22.2 Å². The Labute approximate surface area is 138 Å². The molecule has 0 spiro atoms. The van der Waals surface area contributed by atoms with Crippen LogP contribution >= 0.6 is 0 Å². The monoisotopic (exact) mass is 317 g/mol. The molecule has 126 valence electrons. The summed E-state index contributed by atoms with van der Waals surface area (Å²) in [7, 11) is 0. The number of carboxylic acids is 1. The highest BCUT2D eigenvalue weighted by molar-refractivity contribution is 5.99. The summed E-state index contributed by atoms with van der Waals surface area (Å²) in [6, 6.07) is 9.58. The summed E-state index contributed by atoms with van der Waals surface area (Å²) in [5.41, 5.74) is -1.37. The third-order valence-corrected chi connectivity index (χ3v) is 6.46. The smallest absolute Gasteiger partial charge is 0.309 e. The van der Waals surface area contributed by atoms with Crippen LogP contribution in [0.2, 0.25) is 0 Å². The van der Waals surface area contributed by atoms with Crippen molar-refractivity contribution >= 4 is 17.6 Å². The largest absolute Gasteiger partial charge is 0.481 e. The van der Waals surface area contributed by atoms with Crippen molar-refractivity contribution in [3.05, 3.63) is 30.3 Å². The predicted molar refractivity (Wildman–Crippen MR) is 91.3 cm³/mol. The topological polar surface area (TPSA) is 57.6 Å². The van der Waals surface area contributed by atoms with Crippen molar-refractivity contribution in [2.24, 2.45) is 16.2 Å². The van der Waals surface area contributed by atoms with Crippen LogP contribution in [0, 0.1) is 16.2 Å². The van der Waals surface area contributed by atoms with Gasteiger partial charge in [0.25, 0.3) is 0 Å². The fraction of sp³-hybridized carbons (Fsp3) is 0.579. The number of rotatable bonds is 4. The summed E-state index contributed by atoms with van der Waals surface area (Å²) in [6.07, 6.45) is 1.11. The molecule has 1 fully saturated rings. The Balaban J connectivity index is 2.44. The molecule has 0 radical (unpaired) electrons. The van der Waals surface area contributed by atoms with E-state index in [0.717, 1.165) is 5.69 Å². The van der Waals surface area contributed by atoms with Crippen molar-refractivity contribution < 1.29 is 14.7 Å². The highest BCUT2D eigenvalue weighted by Gasteiger charge is 2.65. The molecule has 4 nitrogen and oxygen atoms in total. The van der Waals surface area contributed by atoms with Crippen LogP contribution in [0.5, 0.6) is 0 Å². The van der Waals surface area contributed by atoms with Gasteiger partial charge in [0.2, 0.25) is 5.91 Å². The minimum Gasteiger partial charge on any atom is -0.481 e. The first-order valence-electron chi connectivity index (χ1n) is 8.22. The molecule has 1 aliphatic rings. The molecular formula is C19H27NO3. The Bertz CT molecular complexity index is 610. The molecule has 0 saturated heterocycles. The van der Waals surface area contributed by atoms with Gasteiger partial charge in [0.05, 0.1) is 10.8 Å². The second-order valence-electron chi connectivity index (χ2n) is 7.48. The summed E-state index contributed by atoms with van der Waals surface area (Å²) >= 11 is 0. The van der Waals surface area contributed by atoms with Gasteiger partial charge in [-0.05, 0) is 44.2 Å². The number of hydrogen-bond acceptors (Lipinski definition) is 2. The number of nitrogens with zero attached hydrogens (tertiary/aromatic N) is 1. The number of benzene rings is 1. The van der Waals surface area contributed by atoms with Gasteiger partial charge in [-0.25, -0.2) is 0 Å². The normalized spacial score (nSPS) is 29.3. The first-order valence-corrected chi connectivity index (χ1v) is 8.22. The molecule has 1 N–H and O–H groups in total. The zero-order valence-corrected chi connectivity index (χ0v) is 14.7. The molecule has 23 heavy (non-hydrogen) atoms. The molecule has 1 aromatic rings. The van der Waals surface area contributed by atoms with Gasteiger partial charge < -0.3 is 10.0 Å². The molecule has 0 heterocycles. The van der Waals surface area contributed by atoms with Crippen molar-refractivity contribution in [3.8, 4) is 0 Å². The van der Waals surface area contributed by atoms with Crippen LogP contribution in [0.15, 0.2) is 30.3 Å². The van der Waals surface area contributed by atoms with Crippen LogP contribution in [0.25, 0.3) is 0 Å². The Kier molecular flexibility index (Phi) is 4.31. The molecule has 1 aromatic carbocycles. The summed E-state index contributed by atoms with van der Waals surface area (Å²) < 4.78 is 0. The highest BCUT2D eigenvalue weighted by atomic mass is 16.4. The molecule has 0 bridgehead atoms. The van der Waals surface area contributed by atoms with Crippen LogP contribution in [0.1, 0.15) is 47.5 Å². The number of aliphatic carboxylic acids is 1. The van der Waals surface area contributed by atoms with E-state index >= 15 is 0 Å². The zero-order valence-electron chi connectivity index (χ0n) is 14.7. The maximum absolute atomic E-state index is 13.4. The molecule has 1 aliphatic carbocycles. The third kappa shape index (κ3) is 2.35. The van der Waals surface area contributed by atoms with Gasteiger partial charge in [0, 0.05) is 12.2 Å². The maximum Gasteiger partial charge on any atom is 0.309 e. The van der Waals surface area contributed by atoms with Crippen LogP contribution in [-0.2, 0) is 9.59 Å². The lowest BCUT2D eigenvalue weighted by Crippen LogP contribution is -2.53. The molecule has 2 atom stereocenters. The highest BCUT2D eigenvalue weighted by Crippen LogP contribution is 2.63. The van der Waals surface area contributed by atoms with Gasteiger partial charge in [-0.1, -0.05) is 39.0 Å². The summed E-state index contributed by atoms with van der Waals surface area (Å²) in [5, 5.41) is 9.71. The second kappa shape index (κ2) is 5.66. The molecule has 0 aromatic heterocycles. The van der Waals surface area contributed by atoms with Crippen molar-refractivity contribution in [2.75, 3.05) is 11.4 Å². The number of para-hydroxylation sites is 1. The molecule has 2 rings (SSSR count). The van der Waals surface area contributed by atoms with E-state index in [1.807, 2.05) is 58.0 Å². The minimum absolute atomic E-state index is 0.0150. The average Bonchev–Trinajstić information content (AvgIpc) is 2.71. The molecular weight excluding hydrogens is 290 g/mol. The standard InChI is InChI=1S/C19H27NO3/c1-6-20(14-10-8-7-9-11-14)15(21)18(4)12-13-19(5,16(22)23)17(18,2)3/h7-11H,6,12-13H2,1-5H3,(H,22,23). The van der Waals surface area contributed by atoms with Crippen LogP contribution in [0.4, 0.5) is 5.69 Å². The SMILES string of the molecule is CCN(C(=O)C1(C)CCC(C)(C(=O)O)C1(C)C)c1ccccc1. The Morgan fingerprint density at radius 2 is 1.57 bits per heavy atom. The van der Waals surface area contributed by atoms with E-state index in [4.69, 9.17) is 0 Å². The number of amides is 1. The van der Waals surface area contributed by atoms with Gasteiger partial charge in [0.1, 0.15) is 0 Å². The quantitative estimate of drug-likeness (QED) is 0.914. The third-order valence-electron chi connectivity index (χ3n) is 6.46. The lowest BCUT2D eigenvalue weighted by molar-refractivity contribution is -0.158. The Morgan fingerprint density at radius 1 is 1.04 bits per heavy atom. The fourth-order valence-electron chi connectivity index (χ4n) is 3.83. The van der Waals surface area contributed by atoms with Crippen LogP contribution < -0.4 is 4.90 Å². The molecule has 4 heteroatoms. The first-order chi connectivity index (χ1) is 10.6. The van der Waals surface area contributed by atoms with Crippen LogP contribution in [0.3, 0.4) is 0 Å². The van der Waals surface area contributed by atoms with Gasteiger partial charge >= 0.3 is 5.97 Å². The zero-order chi connectivity index (χ0) is 17.5. The van der Waals surface area contributed by atoms with E-state index in [1.54, 1.807) is 11.8 Å². The second-order valence-corrected chi connectivity index (χ2v) is 7.48. The van der Waals surface area contributed by atoms with E-state index in [9.17, 15) is 14.7 Å². The summed E-state index contributed by atoms with van der Waals surface area (Å²) in [4.78, 5) is 27.0. The molecule has 1 amide bonds. The van der Waals surface area contributed by atoms with Gasteiger partial charge in [-0.3, -0.25) is 9.59 Å². The maximum atomic E-state index is 13.4. The van der Waals surface area contributed by atoms with Crippen LogP contribution in [-0.4, -0.2) is 23.5 Å². The van der Waals surface area contributed by atoms with Crippen molar-refractivity contribution in [1.29, 1.82) is 0 Å². The van der Waals surface area contributed by atoms with Crippen molar-refractivity contribution in [3.63, 3.8) is 0 Å². The number of carbonyl (C=O) groups is 2. The Morgan fingerprint density at radius 3 is 2.00 bits per heavy atom.